The highest BCUT2D eigenvalue weighted by Gasteiger charge is 2.16. The van der Waals surface area contributed by atoms with Crippen LogP contribution in [0.5, 0.6) is 11.5 Å². The van der Waals surface area contributed by atoms with Crippen molar-refractivity contribution in [1.82, 2.24) is 10.9 Å². The molecule has 2 rings (SSSR count). The number of halogens is 1. The lowest BCUT2D eigenvalue weighted by Gasteiger charge is -2.15. The highest BCUT2D eigenvalue weighted by atomic mass is 79.9. The van der Waals surface area contributed by atoms with Gasteiger partial charge in [-0.05, 0) is 49.7 Å². The summed E-state index contributed by atoms with van der Waals surface area (Å²) in [7, 11) is 0. The smallest absolute Gasteiger partial charge is 0.279 e. The van der Waals surface area contributed by atoms with Gasteiger partial charge in [-0.2, -0.15) is 0 Å². The van der Waals surface area contributed by atoms with E-state index in [4.69, 9.17) is 9.47 Å². The molecule has 0 heterocycles. The van der Waals surface area contributed by atoms with Gasteiger partial charge in [-0.1, -0.05) is 34.1 Å². The Kier molecular flexibility index (Phi) is 7.47. The van der Waals surface area contributed by atoms with Crippen molar-refractivity contribution in [3.8, 4) is 11.5 Å². The fraction of sp³-hybridized carbons (Fsp3) is 0.263. The molecule has 0 spiro atoms. The first kappa shape index (κ1) is 19.8. The van der Waals surface area contributed by atoms with Crippen LogP contribution in [0.1, 0.15) is 19.4 Å². The monoisotopic (exact) mass is 420 g/mol. The first-order valence-electron chi connectivity index (χ1n) is 8.21. The quantitative estimate of drug-likeness (QED) is 0.674. The van der Waals surface area contributed by atoms with Gasteiger partial charge < -0.3 is 9.47 Å². The molecule has 0 radical (unpaired) electrons. The average Bonchev–Trinajstić information content (AvgIpc) is 2.63. The molecule has 0 aliphatic carbocycles. The van der Waals surface area contributed by atoms with E-state index >= 15 is 0 Å². The van der Waals surface area contributed by atoms with E-state index in [1.54, 1.807) is 31.2 Å². The number of rotatable bonds is 7. The van der Waals surface area contributed by atoms with Crippen LogP contribution in [0, 0.1) is 0 Å². The lowest BCUT2D eigenvalue weighted by atomic mass is 10.1. The van der Waals surface area contributed by atoms with Gasteiger partial charge in [-0.3, -0.25) is 20.4 Å². The molecular formula is C19H21BrN2O4. The molecule has 138 valence electrons. The van der Waals surface area contributed by atoms with E-state index in [2.05, 4.69) is 26.8 Å². The Hall–Kier alpha value is -2.54. The lowest BCUT2D eigenvalue weighted by Crippen LogP contribution is -2.47. The summed E-state index contributed by atoms with van der Waals surface area (Å²) in [6.07, 6.45) is -0.618. The number of nitrogens with one attached hydrogen (secondary N) is 2. The van der Waals surface area contributed by atoms with Gasteiger partial charge in [-0.15, -0.1) is 0 Å². The van der Waals surface area contributed by atoms with Crippen LogP contribution in [-0.4, -0.2) is 24.5 Å². The first-order chi connectivity index (χ1) is 12.5. The van der Waals surface area contributed by atoms with Crippen LogP contribution in [0.25, 0.3) is 0 Å². The minimum Gasteiger partial charge on any atom is -0.494 e. The van der Waals surface area contributed by atoms with Crippen LogP contribution < -0.4 is 20.3 Å². The summed E-state index contributed by atoms with van der Waals surface area (Å²) in [5, 5.41) is 0. The topological polar surface area (TPSA) is 76.7 Å². The molecule has 0 bridgehead atoms. The minimum atomic E-state index is -0.767. The Morgan fingerprint density at radius 2 is 1.69 bits per heavy atom. The van der Waals surface area contributed by atoms with E-state index in [9.17, 15) is 9.59 Å². The van der Waals surface area contributed by atoms with E-state index in [1.807, 2.05) is 31.2 Å². The van der Waals surface area contributed by atoms with Crippen molar-refractivity contribution < 1.29 is 19.1 Å². The lowest BCUT2D eigenvalue weighted by molar-refractivity contribution is -0.132. The number of hydrazine groups is 1. The summed E-state index contributed by atoms with van der Waals surface area (Å²) >= 11 is 3.38. The highest BCUT2D eigenvalue weighted by molar-refractivity contribution is 9.10. The third-order valence-electron chi connectivity index (χ3n) is 3.45. The molecule has 7 heteroatoms. The molecule has 2 aromatic carbocycles. The third kappa shape index (κ3) is 6.07. The average molecular weight is 421 g/mol. The van der Waals surface area contributed by atoms with Gasteiger partial charge in [0.05, 0.1) is 13.0 Å². The molecule has 6 nitrogen and oxygen atoms in total. The van der Waals surface area contributed by atoms with Crippen LogP contribution in [-0.2, 0) is 16.0 Å². The summed E-state index contributed by atoms with van der Waals surface area (Å²) in [5.74, 6) is 0.504. The van der Waals surface area contributed by atoms with Crippen molar-refractivity contribution in [2.24, 2.45) is 0 Å². The molecule has 2 N–H and O–H groups in total. The molecule has 0 aliphatic heterocycles. The zero-order valence-corrected chi connectivity index (χ0v) is 16.2. The number of hydrogen-bond donors (Lipinski definition) is 2. The maximum absolute atomic E-state index is 12.1. The third-order valence-corrected chi connectivity index (χ3v) is 4.22. The molecule has 0 saturated heterocycles. The second kappa shape index (κ2) is 9.82. The predicted molar refractivity (Wildman–Crippen MR) is 102 cm³/mol. The van der Waals surface area contributed by atoms with Gasteiger partial charge in [0.1, 0.15) is 11.5 Å². The SMILES string of the molecule is CCOc1ccc(OC(C)C(=O)NNC(=O)Cc2ccccc2Br)cc1. The van der Waals surface area contributed by atoms with Crippen molar-refractivity contribution in [2.45, 2.75) is 26.4 Å². The Balaban J connectivity index is 1.79. The fourth-order valence-electron chi connectivity index (χ4n) is 2.13. The molecule has 0 aliphatic rings. The van der Waals surface area contributed by atoms with Gasteiger partial charge in [-0.25, -0.2) is 0 Å². The van der Waals surface area contributed by atoms with Gasteiger partial charge >= 0.3 is 0 Å². The van der Waals surface area contributed by atoms with E-state index < -0.39 is 12.0 Å². The predicted octanol–water partition coefficient (Wildman–Crippen LogP) is 3.01. The van der Waals surface area contributed by atoms with Gasteiger partial charge in [0.2, 0.25) is 5.91 Å². The molecule has 0 aromatic heterocycles. The van der Waals surface area contributed by atoms with Crippen molar-refractivity contribution in [2.75, 3.05) is 6.61 Å². The van der Waals surface area contributed by atoms with Crippen molar-refractivity contribution in [3.05, 3.63) is 58.6 Å². The Morgan fingerprint density at radius 3 is 2.35 bits per heavy atom. The van der Waals surface area contributed by atoms with Crippen LogP contribution in [0.15, 0.2) is 53.0 Å². The van der Waals surface area contributed by atoms with Crippen molar-refractivity contribution in [3.63, 3.8) is 0 Å². The zero-order valence-electron chi connectivity index (χ0n) is 14.6. The first-order valence-corrected chi connectivity index (χ1v) is 9.00. The summed E-state index contributed by atoms with van der Waals surface area (Å²) in [6.45, 7) is 4.09. The van der Waals surface area contributed by atoms with Gasteiger partial charge in [0.25, 0.3) is 5.91 Å². The maximum atomic E-state index is 12.1. The van der Waals surface area contributed by atoms with Crippen molar-refractivity contribution in [1.29, 1.82) is 0 Å². The van der Waals surface area contributed by atoms with E-state index in [0.717, 1.165) is 15.8 Å². The molecule has 1 unspecified atom stereocenters. The second-order valence-electron chi connectivity index (χ2n) is 5.47. The second-order valence-corrected chi connectivity index (χ2v) is 6.32. The van der Waals surface area contributed by atoms with Crippen LogP contribution in [0.4, 0.5) is 0 Å². The minimum absolute atomic E-state index is 0.149. The molecular weight excluding hydrogens is 400 g/mol. The summed E-state index contributed by atoms with van der Waals surface area (Å²) < 4.78 is 11.7. The Labute approximate surface area is 161 Å². The van der Waals surface area contributed by atoms with Crippen LogP contribution in [0.2, 0.25) is 0 Å². The number of carbonyl (C=O) groups excluding carboxylic acids is 2. The van der Waals surface area contributed by atoms with Crippen molar-refractivity contribution >= 4 is 27.7 Å². The number of ether oxygens (including phenoxy) is 2. The summed E-state index contributed by atoms with van der Waals surface area (Å²) in [4.78, 5) is 24.0. The van der Waals surface area contributed by atoms with E-state index in [-0.39, 0.29) is 12.3 Å². The van der Waals surface area contributed by atoms with Gasteiger partial charge in [0, 0.05) is 4.47 Å². The summed E-state index contributed by atoms with van der Waals surface area (Å²) in [5.41, 5.74) is 5.59. The molecule has 2 amide bonds. The number of hydrogen-bond acceptors (Lipinski definition) is 4. The number of amides is 2. The zero-order chi connectivity index (χ0) is 18.9. The fourth-order valence-corrected chi connectivity index (χ4v) is 2.56. The molecule has 0 fully saturated rings. The van der Waals surface area contributed by atoms with Gasteiger partial charge in [0.15, 0.2) is 6.10 Å². The Bertz CT molecular complexity index is 749. The van der Waals surface area contributed by atoms with E-state index in [1.165, 1.54) is 0 Å². The van der Waals surface area contributed by atoms with Crippen LogP contribution >= 0.6 is 15.9 Å². The molecule has 0 saturated carbocycles. The number of benzene rings is 2. The largest absolute Gasteiger partial charge is 0.494 e. The highest BCUT2D eigenvalue weighted by Crippen LogP contribution is 2.18. The number of carbonyl (C=O) groups is 2. The standard InChI is InChI=1S/C19H21BrN2O4/c1-3-25-15-8-10-16(11-9-15)26-13(2)19(24)22-21-18(23)12-14-6-4-5-7-17(14)20/h4-11,13H,3,12H2,1-2H3,(H,21,23)(H,22,24). The van der Waals surface area contributed by atoms with Crippen LogP contribution in [0.3, 0.4) is 0 Å². The summed E-state index contributed by atoms with van der Waals surface area (Å²) in [6, 6.07) is 14.4. The molecule has 26 heavy (non-hydrogen) atoms. The molecule has 2 aromatic rings. The maximum Gasteiger partial charge on any atom is 0.279 e. The Morgan fingerprint density at radius 1 is 1.04 bits per heavy atom. The van der Waals surface area contributed by atoms with E-state index in [0.29, 0.717) is 12.4 Å². The normalized spacial score (nSPS) is 11.3. The molecule has 1 atom stereocenters.